The third-order valence-electron chi connectivity index (χ3n) is 0.159. The maximum absolute atomic E-state index is 9.50. The Hall–Kier alpha value is -0.570. The van der Waals surface area contributed by atoms with Crippen LogP contribution in [0, 0.1) is 0 Å². The predicted molar refractivity (Wildman–Crippen MR) is 21.1 cm³/mol. The second-order valence-electron chi connectivity index (χ2n) is 0.549. The molecule has 6 heavy (non-hydrogen) atoms. The van der Waals surface area contributed by atoms with E-state index in [1.54, 1.807) is 0 Å². The van der Waals surface area contributed by atoms with Gasteiger partial charge in [0.05, 0.1) is 0 Å². The lowest BCUT2D eigenvalue weighted by Crippen LogP contribution is -1.82. The molecule has 0 aromatic carbocycles. The largest absolute Gasteiger partial charge is 0.411 e. The van der Waals surface area contributed by atoms with Crippen molar-refractivity contribution in [2.24, 2.45) is 5.16 Å². The summed E-state index contributed by atoms with van der Waals surface area (Å²) in [5.41, 5.74) is 0. The van der Waals surface area contributed by atoms with Crippen molar-refractivity contribution in [3.8, 4) is 0 Å². The number of oxime groups is 1. The molecule has 0 amide bonds. The van der Waals surface area contributed by atoms with E-state index in [-0.39, 0.29) is 0 Å². The molecule has 0 aliphatic carbocycles. The number of rotatable bonds is 1. The molecule has 0 aromatic heterocycles. The van der Waals surface area contributed by atoms with E-state index >= 15 is 0 Å². The smallest absolute Gasteiger partial charge is 0.266 e. The molecule has 0 saturated heterocycles. The average Bonchev–Trinajstić information content (AvgIpc) is 1.35. The van der Waals surface area contributed by atoms with Gasteiger partial charge < -0.3 is 5.21 Å². The molecule has 0 radical (unpaired) electrons. The molecule has 0 heterocycles. The normalized spacial score (nSPS) is 9.50. The van der Waals surface area contributed by atoms with E-state index < -0.39 is 5.24 Å². The lowest BCUT2D eigenvalue weighted by molar-refractivity contribution is -0.105. The Morgan fingerprint density at radius 2 is 2.50 bits per heavy atom. The van der Waals surface area contributed by atoms with Crippen LogP contribution in [0.2, 0.25) is 0 Å². The Morgan fingerprint density at radius 1 is 2.00 bits per heavy atom. The Balaban J connectivity index is 3.30. The SMILES string of the molecule is O=C(Cl)/C=N\O. The van der Waals surface area contributed by atoms with Crippen LogP contribution in [-0.4, -0.2) is 16.7 Å². The van der Waals surface area contributed by atoms with Crippen LogP contribution in [-0.2, 0) is 4.79 Å². The van der Waals surface area contributed by atoms with Gasteiger partial charge >= 0.3 is 0 Å². The van der Waals surface area contributed by atoms with E-state index in [9.17, 15) is 4.79 Å². The fourth-order valence-electron chi connectivity index (χ4n) is 0.0454. The van der Waals surface area contributed by atoms with Crippen LogP contribution < -0.4 is 0 Å². The number of carbonyl (C=O) groups excluding carboxylic acids is 1. The molecular weight excluding hydrogens is 105 g/mol. The molecule has 0 fully saturated rings. The summed E-state index contributed by atoms with van der Waals surface area (Å²) in [6.45, 7) is 0. The van der Waals surface area contributed by atoms with Crippen LogP contribution in [0.25, 0.3) is 0 Å². The van der Waals surface area contributed by atoms with Crippen LogP contribution >= 0.6 is 11.6 Å². The summed E-state index contributed by atoms with van der Waals surface area (Å²) < 4.78 is 0. The van der Waals surface area contributed by atoms with Crippen molar-refractivity contribution in [2.75, 3.05) is 0 Å². The Kier molecular flexibility index (Phi) is 2.40. The second kappa shape index (κ2) is 2.66. The van der Waals surface area contributed by atoms with E-state index in [0.717, 1.165) is 0 Å². The number of halogens is 1. The number of nitrogens with zero attached hydrogens (tertiary/aromatic N) is 1. The Morgan fingerprint density at radius 3 is 2.50 bits per heavy atom. The van der Waals surface area contributed by atoms with Crippen LogP contribution in [0.15, 0.2) is 5.16 Å². The number of carbonyl (C=O) groups is 1. The van der Waals surface area contributed by atoms with Gasteiger partial charge in [0.15, 0.2) is 0 Å². The zero-order chi connectivity index (χ0) is 4.99. The molecule has 0 bridgehead atoms. The van der Waals surface area contributed by atoms with Crippen LogP contribution in [0.3, 0.4) is 0 Å². The lowest BCUT2D eigenvalue weighted by atomic mass is 10.9. The van der Waals surface area contributed by atoms with Crippen molar-refractivity contribution in [3.05, 3.63) is 0 Å². The van der Waals surface area contributed by atoms with Gasteiger partial charge in [0.1, 0.15) is 6.21 Å². The molecule has 0 spiro atoms. The minimum atomic E-state index is -0.780. The van der Waals surface area contributed by atoms with Crippen LogP contribution in [0.4, 0.5) is 0 Å². The summed E-state index contributed by atoms with van der Waals surface area (Å²) in [6.07, 6.45) is 0.599. The molecule has 0 atom stereocenters. The standard InChI is InChI=1S/C2H2ClNO2/c3-2(5)1-4-6/h1,6H/b4-1-. The third kappa shape index (κ3) is 3.43. The van der Waals surface area contributed by atoms with Crippen LogP contribution in [0.1, 0.15) is 0 Å². The van der Waals surface area contributed by atoms with Gasteiger partial charge in [-0.2, -0.15) is 0 Å². The van der Waals surface area contributed by atoms with E-state index in [1.165, 1.54) is 0 Å². The number of hydrogen-bond acceptors (Lipinski definition) is 3. The first-order valence-corrected chi connectivity index (χ1v) is 1.52. The molecule has 34 valence electrons. The van der Waals surface area contributed by atoms with Gasteiger partial charge in [-0.15, -0.1) is 0 Å². The average molecular weight is 107 g/mol. The van der Waals surface area contributed by atoms with Gasteiger partial charge in [-0.05, 0) is 11.6 Å². The summed E-state index contributed by atoms with van der Waals surface area (Å²) in [6, 6.07) is 0. The molecule has 0 aliphatic rings. The van der Waals surface area contributed by atoms with E-state index in [0.29, 0.717) is 6.21 Å². The van der Waals surface area contributed by atoms with Gasteiger partial charge in [0.2, 0.25) is 0 Å². The van der Waals surface area contributed by atoms with Crippen LogP contribution in [0.5, 0.6) is 0 Å². The van der Waals surface area contributed by atoms with Crippen molar-refractivity contribution < 1.29 is 10.0 Å². The van der Waals surface area contributed by atoms with E-state index in [2.05, 4.69) is 16.8 Å². The Labute approximate surface area is 39.2 Å². The first-order chi connectivity index (χ1) is 2.77. The van der Waals surface area contributed by atoms with Gasteiger partial charge in [0.25, 0.3) is 5.24 Å². The van der Waals surface area contributed by atoms with E-state index in [4.69, 9.17) is 5.21 Å². The fourth-order valence-corrected chi connectivity index (χ4v) is 0.0890. The van der Waals surface area contributed by atoms with Crippen molar-refractivity contribution in [1.82, 2.24) is 0 Å². The zero-order valence-corrected chi connectivity index (χ0v) is 3.51. The molecule has 0 rings (SSSR count). The highest BCUT2D eigenvalue weighted by molar-refractivity contribution is 6.77. The predicted octanol–water partition coefficient (Wildman–Crippen LogP) is 0.212. The monoisotopic (exact) mass is 107 g/mol. The summed E-state index contributed by atoms with van der Waals surface area (Å²) in [5.74, 6) is 0. The molecule has 0 aromatic rings. The molecule has 1 N–H and O–H groups in total. The van der Waals surface area contributed by atoms with Gasteiger partial charge in [0, 0.05) is 0 Å². The highest BCUT2D eigenvalue weighted by Gasteiger charge is 1.80. The fraction of sp³-hybridized carbons (Fsp3) is 0. The highest BCUT2D eigenvalue weighted by Crippen LogP contribution is 1.69. The number of hydrogen-bond donors (Lipinski definition) is 1. The van der Waals surface area contributed by atoms with Gasteiger partial charge in [-0.3, -0.25) is 4.79 Å². The molecule has 4 heteroatoms. The maximum Gasteiger partial charge on any atom is 0.266 e. The quantitative estimate of drug-likeness (QED) is 0.225. The summed E-state index contributed by atoms with van der Waals surface area (Å²) >= 11 is 4.63. The molecule has 0 aliphatic heterocycles. The first kappa shape index (κ1) is 5.43. The minimum Gasteiger partial charge on any atom is -0.411 e. The highest BCUT2D eigenvalue weighted by atomic mass is 35.5. The van der Waals surface area contributed by atoms with E-state index in [1.807, 2.05) is 0 Å². The lowest BCUT2D eigenvalue weighted by Gasteiger charge is -1.64. The molecular formula is C2H2ClNO2. The second-order valence-corrected chi connectivity index (χ2v) is 0.921. The molecule has 0 unspecified atom stereocenters. The molecule has 3 nitrogen and oxygen atoms in total. The van der Waals surface area contributed by atoms with Crippen molar-refractivity contribution in [3.63, 3.8) is 0 Å². The topological polar surface area (TPSA) is 49.7 Å². The van der Waals surface area contributed by atoms with Crippen molar-refractivity contribution in [1.29, 1.82) is 0 Å². The molecule has 0 saturated carbocycles. The first-order valence-electron chi connectivity index (χ1n) is 1.14. The van der Waals surface area contributed by atoms with Crippen molar-refractivity contribution >= 4 is 23.1 Å². The van der Waals surface area contributed by atoms with Crippen molar-refractivity contribution in [2.45, 2.75) is 0 Å². The Bertz CT molecular complexity index is 79.6. The summed E-state index contributed by atoms with van der Waals surface area (Å²) in [7, 11) is 0. The summed E-state index contributed by atoms with van der Waals surface area (Å²) in [4.78, 5) is 9.50. The van der Waals surface area contributed by atoms with Gasteiger partial charge in [-0.1, -0.05) is 5.16 Å². The summed E-state index contributed by atoms with van der Waals surface area (Å²) in [5, 5.41) is 9.05. The third-order valence-corrected chi connectivity index (χ3v) is 0.257. The minimum absolute atomic E-state index is 0.599. The van der Waals surface area contributed by atoms with Gasteiger partial charge in [-0.25, -0.2) is 0 Å². The maximum atomic E-state index is 9.50. The zero-order valence-electron chi connectivity index (χ0n) is 2.76.